The molecule has 2 amide bonds. The Morgan fingerprint density at radius 3 is 1.96 bits per heavy atom. The molecule has 0 saturated carbocycles. The Balaban J connectivity index is 1.53. The Bertz CT molecular complexity index is 622. The number of carbonyl (C=O) groups excluding carboxylic acids is 2. The van der Waals surface area contributed by atoms with E-state index in [9.17, 15) is 9.59 Å². The Labute approximate surface area is 157 Å². The van der Waals surface area contributed by atoms with Crippen molar-refractivity contribution in [2.45, 2.75) is 52.4 Å². The molecule has 0 spiro atoms. The van der Waals surface area contributed by atoms with E-state index >= 15 is 0 Å². The quantitative estimate of drug-likeness (QED) is 0.823. The molecule has 0 aliphatic carbocycles. The highest BCUT2D eigenvalue weighted by atomic mass is 16.2. The highest BCUT2D eigenvalue weighted by molar-refractivity contribution is 5.94. The van der Waals surface area contributed by atoms with Crippen molar-refractivity contribution in [3.05, 3.63) is 35.4 Å². The lowest BCUT2D eigenvalue weighted by Gasteiger charge is -2.36. The van der Waals surface area contributed by atoms with Gasteiger partial charge in [0.25, 0.3) is 5.91 Å². The Morgan fingerprint density at radius 2 is 1.42 bits per heavy atom. The summed E-state index contributed by atoms with van der Waals surface area (Å²) in [5.41, 5.74) is 2.01. The zero-order chi connectivity index (χ0) is 18.7. The smallest absolute Gasteiger partial charge is 0.253 e. The lowest BCUT2D eigenvalue weighted by molar-refractivity contribution is -0.138. The molecule has 4 heteroatoms. The molecule has 0 unspecified atom stereocenters. The molecule has 0 bridgehead atoms. The molecule has 26 heavy (non-hydrogen) atoms. The van der Waals surface area contributed by atoms with E-state index in [0.29, 0.717) is 24.9 Å². The van der Waals surface area contributed by atoms with Gasteiger partial charge in [0, 0.05) is 37.7 Å². The average molecular weight is 357 g/mol. The number of hydrogen-bond acceptors (Lipinski definition) is 2. The van der Waals surface area contributed by atoms with Crippen LogP contribution in [0.15, 0.2) is 24.3 Å². The first kappa shape index (κ1) is 18.9. The maximum absolute atomic E-state index is 12.7. The highest BCUT2D eigenvalue weighted by Gasteiger charge is 2.31. The molecule has 2 aliphatic rings. The van der Waals surface area contributed by atoms with E-state index in [-0.39, 0.29) is 11.8 Å². The number of hydrogen-bond donors (Lipinski definition) is 0. The molecule has 0 N–H and O–H groups in total. The van der Waals surface area contributed by atoms with Crippen molar-refractivity contribution in [1.29, 1.82) is 0 Å². The van der Waals surface area contributed by atoms with E-state index in [4.69, 9.17) is 0 Å². The van der Waals surface area contributed by atoms with Crippen LogP contribution in [0.5, 0.6) is 0 Å². The lowest BCUT2D eigenvalue weighted by Crippen LogP contribution is -2.46. The van der Waals surface area contributed by atoms with E-state index in [2.05, 4.69) is 20.8 Å². The number of piperidine rings is 2. The SMILES string of the molecule is CC1CCN(C(=O)C2CCN(C(=O)c3ccc(C(C)C)cc3)CC2)CC1. The van der Waals surface area contributed by atoms with Crippen molar-refractivity contribution >= 4 is 11.8 Å². The fourth-order valence-corrected chi connectivity index (χ4v) is 4.01. The summed E-state index contributed by atoms with van der Waals surface area (Å²) in [6.07, 6.45) is 3.83. The topological polar surface area (TPSA) is 40.6 Å². The predicted octanol–water partition coefficient (Wildman–Crippen LogP) is 3.92. The third-order valence-corrected chi connectivity index (χ3v) is 6.05. The van der Waals surface area contributed by atoms with Gasteiger partial charge in [0.15, 0.2) is 0 Å². The van der Waals surface area contributed by atoms with Crippen LogP contribution >= 0.6 is 0 Å². The van der Waals surface area contributed by atoms with E-state index in [1.165, 1.54) is 5.56 Å². The molecule has 1 aromatic rings. The van der Waals surface area contributed by atoms with Crippen LogP contribution < -0.4 is 0 Å². The first-order valence-electron chi connectivity index (χ1n) is 10.1. The van der Waals surface area contributed by atoms with Gasteiger partial charge in [-0.25, -0.2) is 0 Å². The Kier molecular flexibility index (Phi) is 6.00. The number of nitrogens with zero attached hydrogens (tertiary/aromatic N) is 2. The second kappa shape index (κ2) is 8.24. The van der Waals surface area contributed by atoms with Crippen LogP contribution in [0.4, 0.5) is 0 Å². The summed E-state index contributed by atoms with van der Waals surface area (Å²) in [7, 11) is 0. The summed E-state index contributed by atoms with van der Waals surface area (Å²) < 4.78 is 0. The fraction of sp³-hybridized carbons (Fsp3) is 0.636. The van der Waals surface area contributed by atoms with Crippen molar-refractivity contribution in [3.8, 4) is 0 Å². The number of amides is 2. The second-order valence-corrected chi connectivity index (χ2v) is 8.35. The average Bonchev–Trinajstić information content (AvgIpc) is 2.67. The molecule has 2 heterocycles. The van der Waals surface area contributed by atoms with Crippen molar-refractivity contribution in [2.75, 3.05) is 26.2 Å². The van der Waals surface area contributed by atoms with Crippen LogP contribution in [0.1, 0.15) is 68.3 Å². The summed E-state index contributed by atoms with van der Waals surface area (Å²) >= 11 is 0. The maximum Gasteiger partial charge on any atom is 0.253 e. The van der Waals surface area contributed by atoms with Crippen molar-refractivity contribution < 1.29 is 9.59 Å². The number of rotatable bonds is 3. The molecule has 0 radical (unpaired) electrons. The van der Waals surface area contributed by atoms with Gasteiger partial charge in [-0.1, -0.05) is 32.9 Å². The Hall–Kier alpha value is -1.84. The van der Waals surface area contributed by atoms with Crippen LogP contribution in [-0.4, -0.2) is 47.8 Å². The van der Waals surface area contributed by atoms with Crippen LogP contribution in [-0.2, 0) is 4.79 Å². The van der Waals surface area contributed by atoms with Crippen LogP contribution in [0.2, 0.25) is 0 Å². The zero-order valence-corrected chi connectivity index (χ0v) is 16.4. The van der Waals surface area contributed by atoms with E-state index in [1.54, 1.807) is 0 Å². The number of benzene rings is 1. The molecule has 2 aliphatic heterocycles. The standard InChI is InChI=1S/C22H32N2O2/c1-16(2)18-4-6-19(7-5-18)21(25)24-14-10-20(11-15-24)22(26)23-12-8-17(3)9-13-23/h4-7,16-17,20H,8-15H2,1-3H3. The number of likely N-dealkylation sites (tertiary alicyclic amines) is 2. The molecule has 142 valence electrons. The van der Waals surface area contributed by atoms with E-state index < -0.39 is 0 Å². The molecule has 1 aromatic carbocycles. The second-order valence-electron chi connectivity index (χ2n) is 8.35. The van der Waals surface area contributed by atoms with Gasteiger partial charge in [-0.2, -0.15) is 0 Å². The molecule has 2 fully saturated rings. The van der Waals surface area contributed by atoms with Crippen LogP contribution in [0.3, 0.4) is 0 Å². The molecule has 4 nitrogen and oxygen atoms in total. The zero-order valence-electron chi connectivity index (χ0n) is 16.4. The summed E-state index contributed by atoms with van der Waals surface area (Å²) in [4.78, 5) is 29.4. The normalized spacial score (nSPS) is 19.8. The highest BCUT2D eigenvalue weighted by Crippen LogP contribution is 2.25. The summed E-state index contributed by atoms with van der Waals surface area (Å²) in [6.45, 7) is 9.75. The molecule has 0 atom stereocenters. The molecule has 2 saturated heterocycles. The van der Waals surface area contributed by atoms with Gasteiger partial charge in [-0.05, 0) is 55.2 Å². The molecular formula is C22H32N2O2. The summed E-state index contributed by atoms with van der Waals surface area (Å²) in [5.74, 6) is 1.71. The first-order chi connectivity index (χ1) is 12.5. The fourth-order valence-electron chi connectivity index (χ4n) is 4.01. The predicted molar refractivity (Wildman–Crippen MR) is 104 cm³/mol. The molecule has 0 aromatic heterocycles. The monoisotopic (exact) mass is 356 g/mol. The van der Waals surface area contributed by atoms with Crippen molar-refractivity contribution in [1.82, 2.24) is 9.80 Å². The largest absolute Gasteiger partial charge is 0.342 e. The van der Waals surface area contributed by atoms with Gasteiger partial charge in [0.1, 0.15) is 0 Å². The lowest BCUT2D eigenvalue weighted by atomic mass is 9.92. The first-order valence-corrected chi connectivity index (χ1v) is 10.1. The van der Waals surface area contributed by atoms with Gasteiger partial charge in [-0.3, -0.25) is 9.59 Å². The summed E-state index contributed by atoms with van der Waals surface area (Å²) in [6, 6.07) is 7.96. The van der Waals surface area contributed by atoms with Gasteiger partial charge in [0.05, 0.1) is 0 Å². The van der Waals surface area contributed by atoms with E-state index in [1.807, 2.05) is 34.1 Å². The molecule has 3 rings (SSSR count). The van der Waals surface area contributed by atoms with Crippen molar-refractivity contribution in [2.24, 2.45) is 11.8 Å². The third kappa shape index (κ3) is 4.28. The Morgan fingerprint density at radius 1 is 0.885 bits per heavy atom. The minimum atomic E-state index is 0.0933. The van der Waals surface area contributed by atoms with Gasteiger partial charge in [0.2, 0.25) is 5.91 Å². The van der Waals surface area contributed by atoms with Gasteiger partial charge in [-0.15, -0.1) is 0 Å². The number of carbonyl (C=O) groups is 2. The van der Waals surface area contributed by atoms with Crippen molar-refractivity contribution in [3.63, 3.8) is 0 Å². The van der Waals surface area contributed by atoms with Crippen LogP contribution in [0, 0.1) is 11.8 Å². The minimum absolute atomic E-state index is 0.0933. The van der Waals surface area contributed by atoms with Gasteiger partial charge < -0.3 is 9.80 Å². The minimum Gasteiger partial charge on any atom is -0.342 e. The third-order valence-electron chi connectivity index (χ3n) is 6.05. The van der Waals surface area contributed by atoms with E-state index in [0.717, 1.165) is 50.3 Å². The van der Waals surface area contributed by atoms with Gasteiger partial charge >= 0.3 is 0 Å². The maximum atomic E-state index is 12.7. The molecular weight excluding hydrogens is 324 g/mol. The summed E-state index contributed by atoms with van der Waals surface area (Å²) in [5, 5.41) is 0. The van der Waals surface area contributed by atoms with Crippen LogP contribution in [0.25, 0.3) is 0 Å².